The molecule has 0 fully saturated rings. The van der Waals surface area contributed by atoms with E-state index in [0.29, 0.717) is 12.2 Å². The molecule has 1 atom stereocenters. The lowest BCUT2D eigenvalue weighted by atomic mass is 10.0. The number of esters is 1. The van der Waals surface area contributed by atoms with Gasteiger partial charge in [0.05, 0.1) is 0 Å². The Morgan fingerprint density at radius 1 is 1.04 bits per heavy atom. The number of halogens is 1. The summed E-state index contributed by atoms with van der Waals surface area (Å²) in [6.45, 7) is 3.47. The molecular weight excluding hydrogens is 363 g/mol. The Bertz CT molecular complexity index is 824. The van der Waals surface area contributed by atoms with Gasteiger partial charge in [0.2, 0.25) is 5.91 Å². The molecule has 0 unspecified atom stereocenters. The fourth-order valence-electron chi connectivity index (χ4n) is 2.51. The average molecular weight is 386 g/mol. The van der Waals surface area contributed by atoms with Crippen molar-refractivity contribution in [2.24, 2.45) is 5.92 Å². The minimum atomic E-state index is -0.861. The monoisotopic (exact) mass is 386 g/mol. The number of benzene rings is 2. The Morgan fingerprint density at radius 3 is 2.39 bits per heavy atom. The topological polar surface area (TPSA) is 84.5 Å². The van der Waals surface area contributed by atoms with Gasteiger partial charge in [0.15, 0.2) is 0 Å². The quantitative estimate of drug-likeness (QED) is 0.540. The number of rotatable bonds is 8. The summed E-state index contributed by atoms with van der Waals surface area (Å²) >= 11 is 0. The van der Waals surface area contributed by atoms with Crippen molar-refractivity contribution in [1.29, 1.82) is 0 Å². The third-order valence-electron chi connectivity index (χ3n) is 3.80. The molecule has 0 heterocycles. The Morgan fingerprint density at radius 2 is 1.75 bits per heavy atom. The second kappa shape index (κ2) is 10.2. The van der Waals surface area contributed by atoms with E-state index in [1.54, 1.807) is 30.3 Å². The van der Waals surface area contributed by atoms with Crippen LogP contribution in [0.15, 0.2) is 54.6 Å². The van der Waals surface area contributed by atoms with E-state index in [9.17, 15) is 18.8 Å². The highest BCUT2D eigenvalue weighted by Gasteiger charge is 2.23. The van der Waals surface area contributed by atoms with Crippen LogP contribution in [-0.2, 0) is 9.59 Å². The molecular formula is C21H23FN2O4. The smallest absolute Gasteiger partial charge is 0.330 e. The normalized spacial score (nSPS) is 11.6. The van der Waals surface area contributed by atoms with Gasteiger partial charge in [-0.1, -0.05) is 38.1 Å². The summed E-state index contributed by atoms with van der Waals surface area (Å²) in [5, 5.41) is 5.07. The van der Waals surface area contributed by atoms with Gasteiger partial charge in [-0.05, 0) is 42.7 Å². The summed E-state index contributed by atoms with van der Waals surface area (Å²) < 4.78 is 18.4. The van der Waals surface area contributed by atoms with Crippen LogP contribution in [0.3, 0.4) is 0 Å². The summed E-state index contributed by atoms with van der Waals surface area (Å²) in [5.41, 5.74) is 0.116. The third kappa shape index (κ3) is 6.83. The van der Waals surface area contributed by atoms with Crippen molar-refractivity contribution >= 4 is 17.8 Å². The Kier molecular flexibility index (Phi) is 7.68. The van der Waals surface area contributed by atoms with Crippen LogP contribution in [0.5, 0.6) is 5.75 Å². The van der Waals surface area contributed by atoms with E-state index in [-0.39, 0.29) is 18.0 Å². The zero-order chi connectivity index (χ0) is 20.5. The van der Waals surface area contributed by atoms with Crippen LogP contribution in [-0.4, -0.2) is 30.4 Å². The molecule has 0 aliphatic rings. The molecule has 28 heavy (non-hydrogen) atoms. The standard InChI is InChI=1S/C21H23FN2O4/c1-14(2)11-18(24-20(26)15-7-6-8-16(22)12-15)21(27)23-13-19(25)28-17-9-4-3-5-10-17/h3-10,12,14,18H,11,13H2,1-2H3,(H,23,27)(H,24,26)/t18-/m0/s1. The predicted molar refractivity (Wildman–Crippen MR) is 102 cm³/mol. The number of hydrogen-bond acceptors (Lipinski definition) is 4. The molecule has 7 heteroatoms. The number of amides is 2. The molecule has 2 aromatic carbocycles. The van der Waals surface area contributed by atoms with Crippen molar-refractivity contribution in [2.45, 2.75) is 26.3 Å². The largest absolute Gasteiger partial charge is 0.425 e. The Hall–Kier alpha value is -3.22. The van der Waals surface area contributed by atoms with Crippen LogP contribution in [0.2, 0.25) is 0 Å². The SMILES string of the molecule is CC(C)C[C@H](NC(=O)c1cccc(F)c1)C(=O)NCC(=O)Oc1ccccc1. The van der Waals surface area contributed by atoms with E-state index in [1.165, 1.54) is 18.2 Å². The first-order valence-electron chi connectivity index (χ1n) is 8.95. The fourth-order valence-corrected chi connectivity index (χ4v) is 2.51. The Labute approximate surface area is 163 Å². The molecule has 0 spiro atoms. The molecule has 0 aliphatic heterocycles. The van der Waals surface area contributed by atoms with E-state index in [1.807, 2.05) is 13.8 Å². The molecule has 0 aromatic heterocycles. The molecule has 148 valence electrons. The lowest BCUT2D eigenvalue weighted by molar-refractivity contribution is -0.136. The highest BCUT2D eigenvalue weighted by atomic mass is 19.1. The minimum Gasteiger partial charge on any atom is -0.425 e. The van der Waals surface area contributed by atoms with Crippen LogP contribution in [0.1, 0.15) is 30.6 Å². The zero-order valence-electron chi connectivity index (χ0n) is 15.8. The maximum Gasteiger partial charge on any atom is 0.330 e. The van der Waals surface area contributed by atoms with Crippen LogP contribution in [0, 0.1) is 11.7 Å². The molecule has 0 bridgehead atoms. The first-order chi connectivity index (χ1) is 13.3. The van der Waals surface area contributed by atoms with E-state index in [2.05, 4.69) is 10.6 Å². The zero-order valence-corrected chi connectivity index (χ0v) is 15.8. The highest BCUT2D eigenvalue weighted by molar-refractivity contribution is 5.97. The van der Waals surface area contributed by atoms with Crippen LogP contribution >= 0.6 is 0 Å². The van der Waals surface area contributed by atoms with Gasteiger partial charge in [-0.3, -0.25) is 9.59 Å². The van der Waals surface area contributed by atoms with Crippen LogP contribution < -0.4 is 15.4 Å². The number of nitrogens with one attached hydrogen (secondary N) is 2. The number of carbonyl (C=O) groups is 3. The summed E-state index contributed by atoms with van der Waals surface area (Å²) in [5.74, 6) is -1.75. The van der Waals surface area contributed by atoms with Gasteiger partial charge < -0.3 is 15.4 Å². The second-order valence-electron chi connectivity index (χ2n) is 6.67. The molecule has 0 radical (unpaired) electrons. The molecule has 0 saturated carbocycles. The lowest BCUT2D eigenvalue weighted by Crippen LogP contribution is -2.48. The summed E-state index contributed by atoms with van der Waals surface area (Å²) in [6.07, 6.45) is 0.362. The average Bonchev–Trinajstić information content (AvgIpc) is 2.66. The van der Waals surface area contributed by atoms with Gasteiger partial charge in [0.1, 0.15) is 24.2 Å². The first-order valence-corrected chi connectivity index (χ1v) is 8.95. The van der Waals surface area contributed by atoms with E-state index < -0.39 is 29.6 Å². The van der Waals surface area contributed by atoms with Crippen molar-refractivity contribution in [1.82, 2.24) is 10.6 Å². The Balaban J connectivity index is 1.94. The maximum atomic E-state index is 13.3. The lowest BCUT2D eigenvalue weighted by Gasteiger charge is -2.20. The third-order valence-corrected chi connectivity index (χ3v) is 3.80. The molecule has 0 saturated heterocycles. The molecule has 0 aliphatic carbocycles. The van der Waals surface area contributed by atoms with E-state index in [4.69, 9.17) is 4.74 Å². The summed E-state index contributed by atoms with van der Waals surface area (Å²) in [7, 11) is 0. The van der Waals surface area contributed by atoms with Gasteiger partial charge >= 0.3 is 5.97 Å². The number of carbonyl (C=O) groups excluding carboxylic acids is 3. The van der Waals surface area contributed by atoms with Crippen molar-refractivity contribution in [3.63, 3.8) is 0 Å². The molecule has 2 rings (SSSR count). The van der Waals surface area contributed by atoms with Crippen molar-refractivity contribution < 1.29 is 23.5 Å². The van der Waals surface area contributed by atoms with Gasteiger partial charge in [0.25, 0.3) is 5.91 Å². The number of para-hydroxylation sites is 1. The fraction of sp³-hybridized carbons (Fsp3) is 0.286. The van der Waals surface area contributed by atoms with Crippen molar-refractivity contribution in [3.8, 4) is 5.75 Å². The minimum absolute atomic E-state index is 0.111. The van der Waals surface area contributed by atoms with Gasteiger partial charge in [-0.15, -0.1) is 0 Å². The van der Waals surface area contributed by atoms with E-state index in [0.717, 1.165) is 6.07 Å². The summed E-state index contributed by atoms with van der Waals surface area (Å²) in [6, 6.07) is 12.8. The van der Waals surface area contributed by atoms with Crippen molar-refractivity contribution in [2.75, 3.05) is 6.54 Å². The van der Waals surface area contributed by atoms with E-state index >= 15 is 0 Å². The predicted octanol–water partition coefficient (Wildman–Crippen LogP) is 2.69. The van der Waals surface area contributed by atoms with Gasteiger partial charge in [-0.2, -0.15) is 0 Å². The number of hydrogen-bond donors (Lipinski definition) is 2. The molecule has 2 amide bonds. The highest BCUT2D eigenvalue weighted by Crippen LogP contribution is 2.09. The molecule has 6 nitrogen and oxygen atoms in total. The first kappa shape index (κ1) is 21.1. The van der Waals surface area contributed by atoms with Crippen molar-refractivity contribution in [3.05, 3.63) is 66.0 Å². The van der Waals surface area contributed by atoms with Gasteiger partial charge in [0, 0.05) is 5.56 Å². The van der Waals surface area contributed by atoms with Crippen LogP contribution in [0.4, 0.5) is 4.39 Å². The maximum absolute atomic E-state index is 13.3. The van der Waals surface area contributed by atoms with Gasteiger partial charge in [-0.25, -0.2) is 9.18 Å². The number of ether oxygens (including phenoxy) is 1. The van der Waals surface area contributed by atoms with Crippen LogP contribution in [0.25, 0.3) is 0 Å². The molecule has 2 aromatic rings. The second-order valence-corrected chi connectivity index (χ2v) is 6.67. The molecule has 2 N–H and O–H groups in total. The summed E-state index contributed by atoms with van der Waals surface area (Å²) in [4.78, 5) is 36.7.